The van der Waals surface area contributed by atoms with Gasteiger partial charge in [-0.25, -0.2) is 0 Å². The number of unbranched alkanes of at least 4 members (excludes halogenated alkanes) is 1. The Bertz CT molecular complexity index is 172. The molecule has 0 saturated heterocycles. The van der Waals surface area contributed by atoms with Crippen molar-refractivity contribution < 1.29 is 5.11 Å². The van der Waals surface area contributed by atoms with Crippen molar-refractivity contribution in [3.8, 4) is 0 Å². The van der Waals surface area contributed by atoms with Gasteiger partial charge in [0.2, 0.25) is 0 Å². The van der Waals surface area contributed by atoms with Crippen LogP contribution in [0, 0.1) is 5.92 Å². The van der Waals surface area contributed by atoms with Crippen LogP contribution >= 0.6 is 0 Å². The molecule has 2 N–H and O–H groups in total. The number of aliphatic hydroxyl groups is 1. The topological polar surface area (TPSA) is 32.3 Å². The Balaban J connectivity index is 1.94. The van der Waals surface area contributed by atoms with Gasteiger partial charge in [0.15, 0.2) is 0 Å². The van der Waals surface area contributed by atoms with Crippen LogP contribution in [0.15, 0.2) is 0 Å². The van der Waals surface area contributed by atoms with Crippen molar-refractivity contribution in [1.29, 1.82) is 0 Å². The van der Waals surface area contributed by atoms with Gasteiger partial charge in [0.05, 0.1) is 6.10 Å². The van der Waals surface area contributed by atoms with Crippen LogP contribution in [0.25, 0.3) is 0 Å². The molecule has 0 bridgehead atoms. The Labute approximate surface area is 101 Å². The van der Waals surface area contributed by atoms with E-state index in [1.807, 2.05) is 0 Å². The third kappa shape index (κ3) is 5.31. The number of aliphatic hydroxyl groups excluding tert-OH is 1. The summed E-state index contributed by atoms with van der Waals surface area (Å²) in [4.78, 5) is 0. The lowest BCUT2D eigenvalue weighted by Crippen LogP contribution is -2.27. The second-order valence-electron chi connectivity index (χ2n) is 5.40. The van der Waals surface area contributed by atoms with Crippen LogP contribution in [0.4, 0.5) is 0 Å². The monoisotopic (exact) mass is 227 g/mol. The van der Waals surface area contributed by atoms with Gasteiger partial charge in [0, 0.05) is 6.04 Å². The van der Waals surface area contributed by atoms with E-state index in [0.29, 0.717) is 12.0 Å². The number of hydrogen-bond acceptors (Lipinski definition) is 2. The molecular weight excluding hydrogens is 198 g/mol. The van der Waals surface area contributed by atoms with E-state index in [9.17, 15) is 5.11 Å². The van der Waals surface area contributed by atoms with Crippen LogP contribution in [0.5, 0.6) is 0 Å². The predicted octanol–water partition coefficient (Wildman–Crippen LogP) is 3.10. The highest BCUT2D eigenvalue weighted by atomic mass is 16.3. The van der Waals surface area contributed by atoms with Crippen molar-refractivity contribution in [3.63, 3.8) is 0 Å². The molecule has 2 heteroatoms. The summed E-state index contributed by atoms with van der Waals surface area (Å²) in [5.41, 5.74) is 0. The first-order chi connectivity index (χ1) is 7.74. The molecule has 3 unspecified atom stereocenters. The van der Waals surface area contributed by atoms with Crippen LogP contribution in [0.3, 0.4) is 0 Å². The van der Waals surface area contributed by atoms with Crippen molar-refractivity contribution >= 4 is 0 Å². The van der Waals surface area contributed by atoms with Crippen LogP contribution in [-0.4, -0.2) is 23.8 Å². The maximum Gasteiger partial charge on any atom is 0.0568 e. The second-order valence-corrected chi connectivity index (χ2v) is 5.40. The Morgan fingerprint density at radius 1 is 1.31 bits per heavy atom. The molecule has 0 spiro atoms. The zero-order valence-corrected chi connectivity index (χ0v) is 11.0. The quantitative estimate of drug-likeness (QED) is 0.625. The standard InChI is InChI=1S/C14H29NO/c1-3-4-7-12(2)15-11-6-9-13-8-5-10-14(13)16/h12-16H,3-11H2,1-2H3. The Morgan fingerprint density at radius 3 is 2.75 bits per heavy atom. The largest absolute Gasteiger partial charge is 0.393 e. The number of rotatable bonds is 8. The molecule has 0 aromatic heterocycles. The van der Waals surface area contributed by atoms with Gasteiger partial charge in [-0.2, -0.15) is 0 Å². The second kappa shape index (κ2) is 8.08. The molecule has 1 aliphatic carbocycles. The minimum atomic E-state index is -0.00230. The molecule has 1 rings (SSSR count). The van der Waals surface area contributed by atoms with E-state index in [4.69, 9.17) is 0 Å². The fraction of sp³-hybridized carbons (Fsp3) is 1.00. The van der Waals surface area contributed by atoms with Gasteiger partial charge in [-0.1, -0.05) is 26.2 Å². The van der Waals surface area contributed by atoms with Gasteiger partial charge in [-0.3, -0.25) is 0 Å². The molecule has 0 aromatic carbocycles. The van der Waals surface area contributed by atoms with Crippen molar-refractivity contribution in [2.24, 2.45) is 5.92 Å². The first kappa shape index (κ1) is 14.0. The number of nitrogens with one attached hydrogen (secondary N) is 1. The Morgan fingerprint density at radius 2 is 2.12 bits per heavy atom. The predicted molar refractivity (Wildman–Crippen MR) is 69.6 cm³/mol. The summed E-state index contributed by atoms with van der Waals surface area (Å²) in [5.74, 6) is 0.591. The Hall–Kier alpha value is -0.0800. The van der Waals surface area contributed by atoms with Crippen molar-refractivity contribution in [2.75, 3.05) is 6.54 Å². The molecule has 0 aromatic rings. The van der Waals surface area contributed by atoms with Gasteiger partial charge in [0.1, 0.15) is 0 Å². The lowest BCUT2D eigenvalue weighted by atomic mass is 9.99. The van der Waals surface area contributed by atoms with E-state index in [0.717, 1.165) is 13.0 Å². The molecule has 0 amide bonds. The highest BCUT2D eigenvalue weighted by Crippen LogP contribution is 2.28. The summed E-state index contributed by atoms with van der Waals surface area (Å²) in [6.45, 7) is 5.64. The fourth-order valence-electron chi connectivity index (χ4n) is 2.68. The summed E-state index contributed by atoms with van der Waals surface area (Å²) in [7, 11) is 0. The van der Waals surface area contributed by atoms with Crippen molar-refractivity contribution in [3.05, 3.63) is 0 Å². The molecular formula is C14H29NO. The summed E-state index contributed by atoms with van der Waals surface area (Å²) in [6.07, 6.45) is 9.84. The average molecular weight is 227 g/mol. The smallest absolute Gasteiger partial charge is 0.0568 e. The van der Waals surface area contributed by atoms with Gasteiger partial charge >= 0.3 is 0 Å². The molecule has 2 nitrogen and oxygen atoms in total. The maximum atomic E-state index is 9.69. The van der Waals surface area contributed by atoms with E-state index >= 15 is 0 Å². The van der Waals surface area contributed by atoms with Crippen LogP contribution < -0.4 is 5.32 Å². The van der Waals surface area contributed by atoms with E-state index in [-0.39, 0.29) is 6.10 Å². The zero-order chi connectivity index (χ0) is 11.8. The molecule has 3 atom stereocenters. The van der Waals surface area contributed by atoms with E-state index < -0.39 is 0 Å². The first-order valence-electron chi connectivity index (χ1n) is 7.15. The lowest BCUT2D eigenvalue weighted by Gasteiger charge is -2.16. The summed E-state index contributed by atoms with van der Waals surface area (Å²) in [6, 6.07) is 0.661. The van der Waals surface area contributed by atoms with Crippen LogP contribution in [0.1, 0.15) is 65.2 Å². The third-order valence-corrected chi connectivity index (χ3v) is 3.85. The molecule has 96 valence electrons. The Kier molecular flexibility index (Phi) is 7.06. The maximum absolute atomic E-state index is 9.69. The highest BCUT2D eigenvalue weighted by Gasteiger charge is 2.24. The third-order valence-electron chi connectivity index (χ3n) is 3.85. The highest BCUT2D eigenvalue weighted by molar-refractivity contribution is 4.76. The zero-order valence-electron chi connectivity index (χ0n) is 11.0. The molecule has 0 aliphatic heterocycles. The van der Waals surface area contributed by atoms with Gasteiger partial charge < -0.3 is 10.4 Å². The SMILES string of the molecule is CCCCC(C)NCCCC1CCCC1O. The van der Waals surface area contributed by atoms with Gasteiger partial charge in [-0.05, 0) is 51.5 Å². The summed E-state index contributed by atoms with van der Waals surface area (Å²) < 4.78 is 0. The van der Waals surface area contributed by atoms with Crippen LogP contribution in [-0.2, 0) is 0 Å². The van der Waals surface area contributed by atoms with E-state index in [1.165, 1.54) is 44.9 Å². The number of hydrogen-bond donors (Lipinski definition) is 2. The van der Waals surface area contributed by atoms with Crippen molar-refractivity contribution in [1.82, 2.24) is 5.32 Å². The first-order valence-corrected chi connectivity index (χ1v) is 7.15. The normalized spacial score (nSPS) is 27.2. The minimum Gasteiger partial charge on any atom is -0.393 e. The van der Waals surface area contributed by atoms with E-state index in [1.54, 1.807) is 0 Å². The molecule has 0 radical (unpaired) electrons. The molecule has 0 heterocycles. The van der Waals surface area contributed by atoms with Gasteiger partial charge in [-0.15, -0.1) is 0 Å². The molecule has 1 aliphatic rings. The fourth-order valence-corrected chi connectivity index (χ4v) is 2.68. The van der Waals surface area contributed by atoms with E-state index in [2.05, 4.69) is 19.2 Å². The lowest BCUT2D eigenvalue weighted by molar-refractivity contribution is 0.126. The van der Waals surface area contributed by atoms with Gasteiger partial charge in [0.25, 0.3) is 0 Å². The average Bonchev–Trinajstić information content (AvgIpc) is 2.67. The van der Waals surface area contributed by atoms with Crippen LogP contribution in [0.2, 0.25) is 0 Å². The van der Waals surface area contributed by atoms with Crippen molar-refractivity contribution in [2.45, 2.75) is 77.4 Å². The minimum absolute atomic E-state index is 0.00230. The molecule has 1 fully saturated rings. The molecule has 1 saturated carbocycles. The summed E-state index contributed by atoms with van der Waals surface area (Å²) in [5, 5.41) is 13.3. The molecule has 16 heavy (non-hydrogen) atoms. The summed E-state index contributed by atoms with van der Waals surface area (Å²) >= 11 is 0.